The molecule has 0 aromatic carbocycles. The van der Waals surface area contributed by atoms with Crippen LogP contribution in [-0.4, -0.2) is 27.8 Å². The van der Waals surface area contributed by atoms with Crippen molar-refractivity contribution in [2.24, 2.45) is 5.92 Å². The number of aromatic amines is 1. The topological polar surface area (TPSA) is 79.2 Å². The van der Waals surface area contributed by atoms with Crippen molar-refractivity contribution in [3.8, 4) is 11.3 Å². The van der Waals surface area contributed by atoms with E-state index in [4.69, 9.17) is 4.42 Å². The van der Waals surface area contributed by atoms with Crippen LogP contribution >= 0.6 is 0 Å². The first kappa shape index (κ1) is 17.3. The molecule has 6 heteroatoms. The van der Waals surface area contributed by atoms with Crippen molar-refractivity contribution in [3.63, 3.8) is 0 Å². The highest BCUT2D eigenvalue weighted by molar-refractivity contribution is 5.93. The van der Waals surface area contributed by atoms with Crippen LogP contribution < -0.4 is 5.56 Å². The van der Waals surface area contributed by atoms with Gasteiger partial charge in [0.05, 0.1) is 6.54 Å². The van der Waals surface area contributed by atoms with E-state index >= 15 is 0 Å². The largest absolute Gasteiger partial charge is 0.464 e. The maximum absolute atomic E-state index is 12.7. The minimum absolute atomic E-state index is 0.109. The summed E-state index contributed by atoms with van der Waals surface area (Å²) in [6, 6.07) is 10.8. The Bertz CT molecular complexity index is 1020. The summed E-state index contributed by atoms with van der Waals surface area (Å²) >= 11 is 0. The van der Waals surface area contributed by atoms with Crippen molar-refractivity contribution in [2.45, 2.75) is 25.8 Å². The molecule has 1 aliphatic carbocycles. The van der Waals surface area contributed by atoms with Gasteiger partial charge in [-0.15, -0.1) is 0 Å². The van der Waals surface area contributed by atoms with Crippen molar-refractivity contribution >= 4 is 5.91 Å². The Balaban J connectivity index is 1.48. The average molecular weight is 363 g/mol. The number of carbonyl (C=O) groups excluding carboxylic acids is 1. The van der Waals surface area contributed by atoms with E-state index in [0.29, 0.717) is 24.1 Å². The Morgan fingerprint density at radius 1 is 1.22 bits per heavy atom. The number of amides is 1. The van der Waals surface area contributed by atoms with Gasteiger partial charge in [0.15, 0.2) is 0 Å². The predicted molar refractivity (Wildman–Crippen MR) is 101 cm³/mol. The second kappa shape index (κ2) is 6.87. The fourth-order valence-corrected chi connectivity index (χ4v) is 3.25. The second-order valence-corrected chi connectivity index (χ2v) is 7.14. The van der Waals surface area contributed by atoms with Crippen LogP contribution in [0.4, 0.5) is 0 Å². The summed E-state index contributed by atoms with van der Waals surface area (Å²) in [6.45, 7) is 2.52. The van der Waals surface area contributed by atoms with Crippen molar-refractivity contribution in [2.75, 3.05) is 7.05 Å². The van der Waals surface area contributed by atoms with Gasteiger partial charge in [0.2, 0.25) is 0 Å². The normalized spacial score (nSPS) is 18.3. The van der Waals surface area contributed by atoms with Crippen LogP contribution in [0.5, 0.6) is 0 Å². The third-order valence-corrected chi connectivity index (χ3v) is 5.03. The van der Waals surface area contributed by atoms with E-state index in [1.165, 1.54) is 4.90 Å². The number of rotatable bonds is 5. The third-order valence-electron chi connectivity index (χ3n) is 5.03. The number of nitrogens with zero attached hydrogens (tertiary/aromatic N) is 2. The lowest BCUT2D eigenvalue weighted by atomic mass is 10.1. The Hall–Kier alpha value is -3.15. The summed E-state index contributed by atoms with van der Waals surface area (Å²) in [7, 11) is 1.67. The van der Waals surface area contributed by atoms with Crippen LogP contribution in [0.15, 0.2) is 58.0 Å². The van der Waals surface area contributed by atoms with Gasteiger partial charge in [-0.1, -0.05) is 6.92 Å². The Morgan fingerprint density at radius 2 is 1.96 bits per heavy atom. The number of pyridine rings is 2. The highest BCUT2D eigenvalue weighted by Gasteiger charge is 2.36. The average Bonchev–Trinajstić information content (AvgIpc) is 3.23. The van der Waals surface area contributed by atoms with Gasteiger partial charge in [-0.05, 0) is 48.7 Å². The highest BCUT2D eigenvalue weighted by atomic mass is 16.3. The predicted octanol–water partition coefficient (Wildman–Crippen LogP) is 3.43. The molecule has 27 heavy (non-hydrogen) atoms. The molecule has 138 valence electrons. The van der Waals surface area contributed by atoms with E-state index in [-0.39, 0.29) is 11.5 Å². The number of H-pyrrole nitrogens is 1. The smallest absolute Gasteiger partial charge is 0.261 e. The summed E-state index contributed by atoms with van der Waals surface area (Å²) in [5.74, 6) is 2.54. The van der Waals surface area contributed by atoms with Gasteiger partial charge in [-0.3, -0.25) is 14.6 Å². The Morgan fingerprint density at radius 3 is 2.63 bits per heavy atom. The molecule has 1 aliphatic rings. The number of hydrogen-bond acceptors (Lipinski definition) is 4. The molecule has 2 atom stereocenters. The molecule has 0 saturated heterocycles. The van der Waals surface area contributed by atoms with Crippen LogP contribution in [0, 0.1) is 5.92 Å². The first-order chi connectivity index (χ1) is 13.0. The number of nitrogens with one attached hydrogen (secondary N) is 1. The first-order valence-corrected chi connectivity index (χ1v) is 9.00. The SMILES string of the molecule is C[C@@H]1C[C@H]1c1ccc(CN(C)C(=O)c2ccc(-c3ccncc3)[nH]c2=O)o1. The maximum Gasteiger partial charge on any atom is 0.261 e. The molecule has 3 heterocycles. The molecule has 0 radical (unpaired) electrons. The number of carbonyl (C=O) groups is 1. The van der Waals surface area contributed by atoms with E-state index in [9.17, 15) is 9.59 Å². The van der Waals surface area contributed by atoms with Crippen LogP contribution in [0.25, 0.3) is 11.3 Å². The number of aromatic nitrogens is 2. The van der Waals surface area contributed by atoms with Gasteiger partial charge in [-0.25, -0.2) is 0 Å². The van der Waals surface area contributed by atoms with Gasteiger partial charge in [0.25, 0.3) is 11.5 Å². The molecule has 6 nitrogen and oxygen atoms in total. The number of furan rings is 1. The van der Waals surface area contributed by atoms with Gasteiger partial charge < -0.3 is 14.3 Å². The Labute approximate surface area is 156 Å². The molecular weight excluding hydrogens is 342 g/mol. The molecule has 1 fully saturated rings. The molecule has 1 N–H and O–H groups in total. The van der Waals surface area contributed by atoms with Gasteiger partial charge in [0.1, 0.15) is 17.1 Å². The van der Waals surface area contributed by atoms with Gasteiger partial charge in [0, 0.05) is 36.6 Å². The summed E-state index contributed by atoms with van der Waals surface area (Å²) in [5, 5.41) is 0. The fourth-order valence-electron chi connectivity index (χ4n) is 3.25. The zero-order chi connectivity index (χ0) is 19.0. The Kier molecular flexibility index (Phi) is 4.39. The van der Waals surface area contributed by atoms with Crippen LogP contribution in [0.3, 0.4) is 0 Å². The lowest BCUT2D eigenvalue weighted by Gasteiger charge is -2.15. The lowest BCUT2D eigenvalue weighted by molar-refractivity contribution is 0.0773. The van der Waals surface area contributed by atoms with Crippen molar-refractivity contribution in [1.29, 1.82) is 0 Å². The summed E-state index contributed by atoms with van der Waals surface area (Å²) in [5.41, 5.74) is 1.19. The first-order valence-electron chi connectivity index (χ1n) is 9.00. The van der Waals surface area contributed by atoms with Crippen molar-refractivity contribution in [1.82, 2.24) is 14.9 Å². The standard InChI is InChI=1S/C21H21N3O3/c1-13-11-17(13)19-6-3-15(27-19)12-24(2)21(26)16-4-5-18(23-20(16)25)14-7-9-22-10-8-14/h3-10,13,17H,11-12H2,1-2H3,(H,23,25)/t13-,17-/m1/s1. The molecule has 3 aromatic rings. The van der Waals surface area contributed by atoms with Gasteiger partial charge in [-0.2, -0.15) is 0 Å². The highest BCUT2D eigenvalue weighted by Crippen LogP contribution is 2.47. The monoisotopic (exact) mass is 363 g/mol. The zero-order valence-electron chi connectivity index (χ0n) is 15.3. The molecule has 1 saturated carbocycles. The van der Waals surface area contributed by atoms with Crippen LogP contribution in [0.2, 0.25) is 0 Å². The lowest BCUT2D eigenvalue weighted by Crippen LogP contribution is -2.31. The molecule has 4 rings (SSSR count). The fraction of sp³-hybridized carbons (Fsp3) is 0.286. The molecule has 0 spiro atoms. The molecule has 0 aliphatic heterocycles. The third kappa shape index (κ3) is 3.56. The summed E-state index contributed by atoms with van der Waals surface area (Å²) in [4.78, 5) is 33.3. The quantitative estimate of drug-likeness (QED) is 0.753. The van der Waals surface area contributed by atoms with Gasteiger partial charge >= 0.3 is 0 Å². The second-order valence-electron chi connectivity index (χ2n) is 7.14. The maximum atomic E-state index is 12.7. The zero-order valence-corrected chi connectivity index (χ0v) is 15.3. The van der Waals surface area contributed by atoms with E-state index in [1.807, 2.05) is 12.1 Å². The van der Waals surface area contributed by atoms with Crippen molar-refractivity contribution < 1.29 is 9.21 Å². The summed E-state index contributed by atoms with van der Waals surface area (Å²) in [6.07, 6.45) is 4.46. The molecular formula is C21H21N3O3. The minimum atomic E-state index is -0.409. The number of hydrogen-bond donors (Lipinski definition) is 1. The van der Waals surface area contributed by atoms with Crippen LogP contribution in [-0.2, 0) is 6.54 Å². The van der Waals surface area contributed by atoms with E-state index in [0.717, 1.165) is 23.5 Å². The van der Waals surface area contributed by atoms with E-state index in [2.05, 4.69) is 16.9 Å². The van der Waals surface area contributed by atoms with E-state index in [1.54, 1.807) is 43.7 Å². The molecule has 3 aromatic heterocycles. The van der Waals surface area contributed by atoms with Crippen molar-refractivity contribution in [3.05, 3.63) is 76.2 Å². The van der Waals surface area contributed by atoms with Crippen LogP contribution in [0.1, 0.15) is 41.1 Å². The molecule has 1 amide bonds. The summed E-state index contributed by atoms with van der Waals surface area (Å²) < 4.78 is 5.86. The molecule has 0 unspecified atom stereocenters. The van der Waals surface area contributed by atoms with E-state index < -0.39 is 5.56 Å². The minimum Gasteiger partial charge on any atom is -0.464 e. The molecule has 0 bridgehead atoms.